The van der Waals surface area contributed by atoms with E-state index in [1.165, 1.54) is 5.57 Å². The summed E-state index contributed by atoms with van der Waals surface area (Å²) < 4.78 is 5.57. The Morgan fingerprint density at radius 1 is 1.31 bits per heavy atom. The SMILES string of the molecule is CN1C=C(c2ccncc2C2COCC(=O)N2Cc2ccccn2)CN1. The molecule has 2 aliphatic rings. The molecule has 2 aromatic heterocycles. The number of nitrogens with one attached hydrogen (secondary N) is 1. The number of ether oxygens (including phenoxy) is 1. The quantitative estimate of drug-likeness (QED) is 0.897. The Morgan fingerprint density at radius 3 is 3.00 bits per heavy atom. The maximum absolute atomic E-state index is 12.6. The Morgan fingerprint density at radius 2 is 2.23 bits per heavy atom. The molecule has 1 fully saturated rings. The molecule has 4 heterocycles. The molecule has 1 unspecified atom stereocenters. The number of carbonyl (C=O) groups is 1. The summed E-state index contributed by atoms with van der Waals surface area (Å²) >= 11 is 0. The van der Waals surface area contributed by atoms with Gasteiger partial charge in [-0.3, -0.25) is 14.8 Å². The van der Waals surface area contributed by atoms with Gasteiger partial charge in [0.05, 0.1) is 24.9 Å². The lowest BCUT2D eigenvalue weighted by atomic mass is 9.96. The molecule has 2 aromatic rings. The first-order valence-electron chi connectivity index (χ1n) is 8.61. The number of nitrogens with zero attached hydrogens (tertiary/aromatic N) is 4. The van der Waals surface area contributed by atoms with Crippen LogP contribution in [0.2, 0.25) is 0 Å². The van der Waals surface area contributed by atoms with Gasteiger partial charge in [0.15, 0.2) is 0 Å². The molecule has 0 spiro atoms. The predicted octanol–water partition coefficient (Wildman–Crippen LogP) is 1.37. The van der Waals surface area contributed by atoms with Crippen LogP contribution in [0, 0.1) is 0 Å². The molecular weight excluding hydrogens is 330 g/mol. The van der Waals surface area contributed by atoms with Crippen molar-refractivity contribution in [3.63, 3.8) is 0 Å². The minimum Gasteiger partial charge on any atom is -0.369 e. The highest BCUT2D eigenvalue weighted by molar-refractivity contribution is 5.79. The number of hydrazine groups is 1. The highest BCUT2D eigenvalue weighted by Gasteiger charge is 2.32. The van der Waals surface area contributed by atoms with Crippen molar-refractivity contribution in [2.24, 2.45) is 0 Å². The van der Waals surface area contributed by atoms with Gasteiger partial charge in [-0.1, -0.05) is 6.07 Å². The zero-order valence-corrected chi connectivity index (χ0v) is 14.6. The van der Waals surface area contributed by atoms with Crippen LogP contribution in [0.15, 0.2) is 49.1 Å². The van der Waals surface area contributed by atoms with E-state index in [2.05, 4.69) is 21.6 Å². The van der Waals surface area contributed by atoms with E-state index in [1.807, 2.05) is 47.4 Å². The number of hydrogen-bond acceptors (Lipinski definition) is 6. The van der Waals surface area contributed by atoms with Gasteiger partial charge in [-0.25, -0.2) is 5.43 Å². The molecule has 1 N–H and O–H groups in total. The normalized spacial score (nSPS) is 20.4. The topological polar surface area (TPSA) is 70.6 Å². The Hall–Kier alpha value is -2.77. The second-order valence-corrected chi connectivity index (χ2v) is 6.44. The number of pyridine rings is 2. The lowest BCUT2D eigenvalue weighted by molar-refractivity contribution is -0.149. The Labute approximate surface area is 152 Å². The molecule has 1 saturated heterocycles. The van der Waals surface area contributed by atoms with Crippen molar-refractivity contribution < 1.29 is 9.53 Å². The summed E-state index contributed by atoms with van der Waals surface area (Å²) in [5, 5.41) is 1.94. The summed E-state index contributed by atoms with van der Waals surface area (Å²) in [7, 11) is 1.97. The van der Waals surface area contributed by atoms with Crippen LogP contribution in [0.1, 0.15) is 22.9 Å². The molecule has 134 valence electrons. The summed E-state index contributed by atoms with van der Waals surface area (Å²) in [6.07, 6.45) is 7.43. The molecular formula is C19H21N5O2. The molecule has 0 radical (unpaired) electrons. The number of amides is 1. The van der Waals surface area contributed by atoms with Crippen molar-refractivity contribution in [3.05, 3.63) is 65.9 Å². The smallest absolute Gasteiger partial charge is 0.249 e. The average Bonchev–Trinajstić information content (AvgIpc) is 3.10. The first-order chi connectivity index (χ1) is 12.7. The molecule has 2 aliphatic heterocycles. The maximum Gasteiger partial charge on any atom is 0.249 e. The van der Waals surface area contributed by atoms with Crippen LogP contribution in [0.3, 0.4) is 0 Å². The maximum atomic E-state index is 12.6. The van der Waals surface area contributed by atoms with Crippen molar-refractivity contribution in [2.75, 3.05) is 26.8 Å². The number of rotatable bonds is 4. The van der Waals surface area contributed by atoms with E-state index in [-0.39, 0.29) is 18.6 Å². The van der Waals surface area contributed by atoms with E-state index in [0.29, 0.717) is 13.2 Å². The van der Waals surface area contributed by atoms with Crippen LogP contribution < -0.4 is 5.43 Å². The standard InChI is InChI=1S/C19H21N5O2/c1-23-10-14(8-22-23)16-5-7-20-9-17(16)18-12-26-13-19(25)24(18)11-15-4-2-3-6-21-15/h2-7,9-10,18,22H,8,11-13H2,1H3. The van der Waals surface area contributed by atoms with Gasteiger partial charge in [0.1, 0.15) is 6.61 Å². The highest BCUT2D eigenvalue weighted by Crippen LogP contribution is 2.32. The summed E-state index contributed by atoms with van der Waals surface area (Å²) in [6.45, 7) is 1.76. The summed E-state index contributed by atoms with van der Waals surface area (Å²) in [5.41, 5.74) is 7.37. The number of hydrogen-bond donors (Lipinski definition) is 1. The van der Waals surface area contributed by atoms with E-state index in [9.17, 15) is 4.79 Å². The monoisotopic (exact) mass is 351 g/mol. The lowest BCUT2D eigenvalue weighted by Crippen LogP contribution is -2.44. The average molecular weight is 351 g/mol. The Bertz CT molecular complexity index is 824. The van der Waals surface area contributed by atoms with Gasteiger partial charge in [-0.15, -0.1) is 0 Å². The molecule has 7 heteroatoms. The fourth-order valence-corrected chi connectivity index (χ4v) is 3.39. The minimum atomic E-state index is -0.186. The van der Waals surface area contributed by atoms with Gasteiger partial charge >= 0.3 is 0 Å². The largest absolute Gasteiger partial charge is 0.369 e. The third-order valence-electron chi connectivity index (χ3n) is 4.68. The third-order valence-corrected chi connectivity index (χ3v) is 4.68. The number of morpholine rings is 1. The van der Waals surface area contributed by atoms with Crippen molar-refractivity contribution in [3.8, 4) is 0 Å². The number of carbonyl (C=O) groups excluding carboxylic acids is 1. The predicted molar refractivity (Wildman–Crippen MR) is 96.3 cm³/mol. The van der Waals surface area contributed by atoms with Gasteiger partial charge in [-0.05, 0) is 29.3 Å². The van der Waals surface area contributed by atoms with Gasteiger partial charge in [0.2, 0.25) is 5.91 Å². The van der Waals surface area contributed by atoms with Crippen LogP contribution in [0.25, 0.3) is 5.57 Å². The Balaban J connectivity index is 1.69. The summed E-state index contributed by atoms with van der Waals surface area (Å²) in [5.74, 6) is -0.0302. The van der Waals surface area contributed by atoms with Crippen LogP contribution in [0.5, 0.6) is 0 Å². The van der Waals surface area contributed by atoms with Gasteiger partial charge in [0.25, 0.3) is 0 Å². The molecule has 1 atom stereocenters. The minimum absolute atomic E-state index is 0.0302. The van der Waals surface area contributed by atoms with Crippen LogP contribution in [0.4, 0.5) is 0 Å². The zero-order valence-electron chi connectivity index (χ0n) is 14.6. The van der Waals surface area contributed by atoms with Gasteiger partial charge in [0, 0.05) is 43.9 Å². The number of aromatic nitrogens is 2. The van der Waals surface area contributed by atoms with E-state index in [0.717, 1.165) is 23.4 Å². The summed E-state index contributed by atoms with van der Waals surface area (Å²) in [4.78, 5) is 23.1. The van der Waals surface area contributed by atoms with E-state index < -0.39 is 0 Å². The van der Waals surface area contributed by atoms with Crippen molar-refractivity contribution >= 4 is 11.5 Å². The third kappa shape index (κ3) is 3.31. The van der Waals surface area contributed by atoms with Crippen molar-refractivity contribution in [1.82, 2.24) is 25.3 Å². The summed E-state index contributed by atoms with van der Waals surface area (Å²) in [6, 6.07) is 7.55. The second kappa shape index (κ2) is 7.23. The molecule has 26 heavy (non-hydrogen) atoms. The highest BCUT2D eigenvalue weighted by atomic mass is 16.5. The van der Waals surface area contributed by atoms with E-state index in [1.54, 1.807) is 12.4 Å². The fourth-order valence-electron chi connectivity index (χ4n) is 3.39. The molecule has 0 saturated carbocycles. The lowest BCUT2D eigenvalue weighted by Gasteiger charge is -2.36. The molecule has 1 amide bonds. The van der Waals surface area contributed by atoms with Gasteiger partial charge < -0.3 is 14.6 Å². The second-order valence-electron chi connectivity index (χ2n) is 6.44. The fraction of sp³-hybridized carbons (Fsp3) is 0.316. The van der Waals surface area contributed by atoms with Crippen molar-refractivity contribution in [2.45, 2.75) is 12.6 Å². The molecule has 7 nitrogen and oxygen atoms in total. The van der Waals surface area contributed by atoms with Crippen LogP contribution in [-0.4, -0.2) is 52.6 Å². The van der Waals surface area contributed by atoms with Crippen molar-refractivity contribution in [1.29, 1.82) is 0 Å². The first kappa shape index (κ1) is 16.7. The zero-order chi connectivity index (χ0) is 17.9. The van der Waals surface area contributed by atoms with E-state index >= 15 is 0 Å². The van der Waals surface area contributed by atoms with E-state index in [4.69, 9.17) is 4.74 Å². The van der Waals surface area contributed by atoms with Crippen LogP contribution >= 0.6 is 0 Å². The van der Waals surface area contributed by atoms with Gasteiger partial charge in [-0.2, -0.15) is 0 Å². The molecule has 0 aromatic carbocycles. The molecule has 4 rings (SSSR count). The molecule has 0 bridgehead atoms. The van der Waals surface area contributed by atoms with Crippen LogP contribution in [-0.2, 0) is 16.1 Å². The molecule has 0 aliphatic carbocycles. The first-order valence-corrected chi connectivity index (χ1v) is 8.61. The Kier molecular flexibility index (Phi) is 4.64.